The fourth-order valence-electron chi connectivity index (χ4n) is 4.41. The Bertz CT molecular complexity index is 1330. The van der Waals surface area contributed by atoms with Gasteiger partial charge in [0.15, 0.2) is 5.16 Å². The average molecular weight is 531 g/mol. The van der Waals surface area contributed by atoms with Crippen LogP contribution in [-0.2, 0) is 4.74 Å². The molecule has 0 spiro atoms. The number of benzene rings is 1. The summed E-state index contributed by atoms with van der Waals surface area (Å²) >= 11 is 7.36. The molecule has 0 bridgehead atoms. The quantitative estimate of drug-likeness (QED) is 0.306. The number of hydrogen-bond donors (Lipinski definition) is 0. The van der Waals surface area contributed by atoms with E-state index in [1.54, 1.807) is 56.3 Å². The van der Waals surface area contributed by atoms with Crippen LogP contribution >= 0.6 is 23.4 Å². The number of carbonyl (C=O) groups is 1. The lowest BCUT2D eigenvalue weighted by molar-refractivity contribution is 0.0195. The summed E-state index contributed by atoms with van der Waals surface area (Å²) in [5.74, 6) is -0.587. The van der Waals surface area contributed by atoms with E-state index in [0.717, 1.165) is 6.42 Å². The molecule has 36 heavy (non-hydrogen) atoms. The first-order chi connectivity index (χ1) is 17.1. The number of aromatic nitrogens is 3. The van der Waals surface area contributed by atoms with Gasteiger partial charge < -0.3 is 14.2 Å². The molecule has 3 aromatic rings. The molecule has 1 saturated heterocycles. The van der Waals surface area contributed by atoms with E-state index in [2.05, 4.69) is 9.97 Å². The minimum Gasteiger partial charge on any atom is -0.444 e. The number of ether oxygens (including phenoxy) is 1. The second-order valence-electron chi connectivity index (χ2n) is 9.59. The van der Waals surface area contributed by atoms with Crippen molar-refractivity contribution in [2.75, 3.05) is 12.8 Å². The summed E-state index contributed by atoms with van der Waals surface area (Å²) in [4.78, 5) is 36.8. The number of rotatable bonds is 5. The van der Waals surface area contributed by atoms with E-state index in [-0.39, 0.29) is 10.6 Å². The zero-order valence-corrected chi connectivity index (χ0v) is 22.1. The number of likely N-dealkylation sites (tertiary alicyclic amines) is 1. The standard InChI is InChI=1S/C26H28ClFN4O3S/c1-26(2,3)35-25(34)31-12-5-6-21(31)23(17-7-8-18(27)19(28)14-17)32-13-10-16(15-22(32)33)20-9-11-29-24(30-20)36-4/h7-11,13-15,21,23H,5-6,12H2,1-4H3. The summed E-state index contributed by atoms with van der Waals surface area (Å²) in [5, 5.41) is 0.592. The maximum absolute atomic E-state index is 14.5. The predicted octanol–water partition coefficient (Wildman–Crippen LogP) is 5.81. The van der Waals surface area contributed by atoms with Crippen LogP contribution in [0.15, 0.2) is 58.7 Å². The van der Waals surface area contributed by atoms with Crippen LogP contribution < -0.4 is 5.56 Å². The molecule has 0 radical (unpaired) electrons. The maximum atomic E-state index is 14.5. The molecular formula is C26H28ClFN4O3S. The molecule has 1 amide bonds. The summed E-state index contributed by atoms with van der Waals surface area (Å²) < 4.78 is 21.7. The van der Waals surface area contributed by atoms with Crippen LogP contribution in [0.3, 0.4) is 0 Å². The van der Waals surface area contributed by atoms with Crippen molar-refractivity contribution in [1.82, 2.24) is 19.4 Å². The molecule has 1 aliphatic rings. The molecule has 2 aromatic heterocycles. The highest BCUT2D eigenvalue weighted by Crippen LogP contribution is 2.34. The molecule has 2 atom stereocenters. The summed E-state index contributed by atoms with van der Waals surface area (Å²) in [6.45, 7) is 5.90. The summed E-state index contributed by atoms with van der Waals surface area (Å²) in [7, 11) is 0. The van der Waals surface area contributed by atoms with Gasteiger partial charge in [0, 0.05) is 30.6 Å². The summed E-state index contributed by atoms with van der Waals surface area (Å²) in [6.07, 6.45) is 6.11. The van der Waals surface area contributed by atoms with Crippen molar-refractivity contribution in [2.24, 2.45) is 0 Å². The van der Waals surface area contributed by atoms with Gasteiger partial charge in [-0.05, 0) is 69.7 Å². The number of thioether (sulfide) groups is 1. The van der Waals surface area contributed by atoms with Gasteiger partial charge in [0.25, 0.3) is 5.56 Å². The van der Waals surface area contributed by atoms with Crippen molar-refractivity contribution in [1.29, 1.82) is 0 Å². The Labute approximate surface area is 218 Å². The fourth-order valence-corrected chi connectivity index (χ4v) is 4.88. The fraction of sp³-hybridized carbons (Fsp3) is 0.385. The molecule has 7 nitrogen and oxygen atoms in total. The number of amides is 1. The van der Waals surface area contributed by atoms with Crippen molar-refractivity contribution >= 4 is 29.5 Å². The minimum atomic E-state index is -0.669. The molecule has 1 aromatic carbocycles. The molecule has 10 heteroatoms. The van der Waals surface area contributed by atoms with Gasteiger partial charge in [0.2, 0.25) is 0 Å². The third-order valence-corrected chi connectivity index (χ3v) is 6.80. The number of pyridine rings is 1. The lowest BCUT2D eigenvalue weighted by Crippen LogP contribution is -2.45. The summed E-state index contributed by atoms with van der Waals surface area (Å²) in [6, 6.07) is 8.47. The first kappa shape index (κ1) is 26.2. The number of nitrogens with zero attached hydrogens (tertiary/aromatic N) is 4. The van der Waals surface area contributed by atoms with Crippen LogP contribution in [0.1, 0.15) is 45.2 Å². The lowest BCUT2D eigenvalue weighted by atomic mass is 9.96. The smallest absolute Gasteiger partial charge is 0.410 e. The van der Waals surface area contributed by atoms with Crippen molar-refractivity contribution < 1.29 is 13.9 Å². The van der Waals surface area contributed by atoms with Gasteiger partial charge in [0.1, 0.15) is 11.4 Å². The van der Waals surface area contributed by atoms with Crippen LogP contribution in [0.2, 0.25) is 5.02 Å². The molecule has 4 rings (SSSR count). The Balaban J connectivity index is 1.78. The normalized spacial score (nSPS) is 16.7. The van der Waals surface area contributed by atoms with Gasteiger partial charge in [-0.1, -0.05) is 29.4 Å². The zero-order valence-electron chi connectivity index (χ0n) is 20.6. The molecule has 2 unspecified atom stereocenters. The van der Waals surface area contributed by atoms with E-state index < -0.39 is 29.6 Å². The Morgan fingerprint density at radius 2 is 2.03 bits per heavy atom. The van der Waals surface area contributed by atoms with E-state index in [9.17, 15) is 14.0 Å². The van der Waals surface area contributed by atoms with Crippen LogP contribution in [-0.4, -0.2) is 50.0 Å². The van der Waals surface area contributed by atoms with Gasteiger partial charge in [-0.15, -0.1) is 0 Å². The monoisotopic (exact) mass is 530 g/mol. The van der Waals surface area contributed by atoms with Gasteiger partial charge >= 0.3 is 6.09 Å². The first-order valence-corrected chi connectivity index (χ1v) is 13.2. The van der Waals surface area contributed by atoms with Gasteiger partial charge in [-0.25, -0.2) is 19.2 Å². The van der Waals surface area contributed by atoms with Crippen molar-refractivity contribution in [2.45, 2.75) is 56.5 Å². The van der Waals surface area contributed by atoms with Crippen LogP contribution in [0.4, 0.5) is 9.18 Å². The Kier molecular flexibility index (Phi) is 7.70. The van der Waals surface area contributed by atoms with Gasteiger partial charge in [-0.2, -0.15) is 0 Å². The Morgan fingerprint density at radius 1 is 1.25 bits per heavy atom. The van der Waals surface area contributed by atoms with E-state index in [1.807, 2.05) is 6.26 Å². The van der Waals surface area contributed by atoms with Crippen molar-refractivity contribution in [3.8, 4) is 11.3 Å². The average Bonchev–Trinajstić information content (AvgIpc) is 3.31. The predicted molar refractivity (Wildman–Crippen MR) is 139 cm³/mol. The molecule has 0 saturated carbocycles. The SMILES string of the molecule is CSc1nccc(-c2ccn(C(c3ccc(Cl)c(F)c3)C3CCCN3C(=O)OC(C)(C)C)c(=O)c2)n1. The number of hydrogen-bond acceptors (Lipinski definition) is 6. The van der Waals surface area contributed by atoms with Crippen LogP contribution in [0, 0.1) is 5.82 Å². The van der Waals surface area contributed by atoms with Crippen molar-refractivity contribution in [3.05, 3.63) is 75.5 Å². The molecule has 1 fully saturated rings. The van der Waals surface area contributed by atoms with Crippen molar-refractivity contribution in [3.63, 3.8) is 0 Å². The Morgan fingerprint density at radius 3 is 2.69 bits per heavy atom. The van der Waals surface area contributed by atoms with E-state index >= 15 is 0 Å². The molecule has 0 N–H and O–H groups in total. The number of halogens is 2. The van der Waals surface area contributed by atoms with E-state index in [4.69, 9.17) is 16.3 Å². The second-order valence-corrected chi connectivity index (χ2v) is 10.8. The Hall–Kier alpha value is -2.91. The third-order valence-electron chi connectivity index (χ3n) is 5.94. The molecular weight excluding hydrogens is 503 g/mol. The summed E-state index contributed by atoms with van der Waals surface area (Å²) in [5.41, 5.74) is 0.846. The second kappa shape index (κ2) is 10.6. The zero-order chi connectivity index (χ0) is 26.0. The van der Waals surface area contributed by atoms with E-state index in [1.165, 1.54) is 34.5 Å². The minimum absolute atomic E-state index is 0.0102. The topological polar surface area (TPSA) is 77.3 Å². The molecule has 190 valence electrons. The van der Waals surface area contributed by atoms with Gasteiger partial charge in [0.05, 0.1) is 22.8 Å². The van der Waals surface area contributed by atoms with Crippen LogP contribution in [0.25, 0.3) is 11.3 Å². The lowest BCUT2D eigenvalue weighted by Gasteiger charge is -2.34. The highest BCUT2D eigenvalue weighted by Gasteiger charge is 2.39. The number of carbonyl (C=O) groups excluding carboxylic acids is 1. The molecule has 3 heterocycles. The highest BCUT2D eigenvalue weighted by atomic mass is 35.5. The molecule has 1 aliphatic heterocycles. The first-order valence-electron chi connectivity index (χ1n) is 11.6. The van der Waals surface area contributed by atoms with Crippen LogP contribution in [0.5, 0.6) is 0 Å². The highest BCUT2D eigenvalue weighted by molar-refractivity contribution is 7.98. The maximum Gasteiger partial charge on any atom is 0.410 e. The van der Waals surface area contributed by atoms with Gasteiger partial charge in [-0.3, -0.25) is 4.79 Å². The third kappa shape index (κ3) is 5.73. The van der Waals surface area contributed by atoms with E-state index in [0.29, 0.717) is 34.9 Å². The molecule has 0 aliphatic carbocycles. The largest absolute Gasteiger partial charge is 0.444 e.